The van der Waals surface area contributed by atoms with Crippen LogP contribution in [0, 0.1) is 5.92 Å². The summed E-state index contributed by atoms with van der Waals surface area (Å²) in [5, 5.41) is 13.6. The zero-order valence-corrected chi connectivity index (χ0v) is 10.1. The molecule has 3 amide bonds. The number of hydrogen-bond donors (Lipinski definition) is 4. The highest BCUT2D eigenvalue weighted by Gasteiger charge is 2.22. The Balaban J connectivity index is 2.31. The quantitative estimate of drug-likeness (QED) is 0.526. The summed E-state index contributed by atoms with van der Waals surface area (Å²) in [6.07, 6.45) is 4.11. The Morgan fingerprint density at radius 1 is 1.28 bits per heavy atom. The van der Waals surface area contributed by atoms with Crippen LogP contribution in [0.2, 0.25) is 0 Å². The van der Waals surface area contributed by atoms with Crippen LogP contribution in [0.3, 0.4) is 0 Å². The van der Waals surface area contributed by atoms with E-state index in [2.05, 4.69) is 10.6 Å². The monoisotopic (exact) mass is 257 g/mol. The van der Waals surface area contributed by atoms with Crippen LogP contribution in [0.1, 0.15) is 32.1 Å². The number of carboxylic acid groups (broad SMARTS) is 1. The van der Waals surface area contributed by atoms with E-state index in [0.717, 1.165) is 12.8 Å². The molecule has 5 N–H and O–H groups in total. The van der Waals surface area contributed by atoms with Crippen LogP contribution in [0.15, 0.2) is 0 Å². The minimum absolute atomic E-state index is 0.411. The van der Waals surface area contributed by atoms with Crippen LogP contribution in [0.5, 0.6) is 0 Å². The van der Waals surface area contributed by atoms with Crippen LogP contribution in [-0.2, 0) is 9.59 Å². The normalized spacial score (nSPS) is 17.1. The molecule has 0 radical (unpaired) electrons. The minimum Gasteiger partial charge on any atom is -0.480 e. The van der Waals surface area contributed by atoms with Gasteiger partial charge in [0.25, 0.3) is 0 Å². The molecular formula is C11H19N3O4. The van der Waals surface area contributed by atoms with E-state index in [-0.39, 0.29) is 0 Å². The van der Waals surface area contributed by atoms with E-state index in [0.29, 0.717) is 12.5 Å². The van der Waals surface area contributed by atoms with Gasteiger partial charge in [0.1, 0.15) is 6.04 Å². The zero-order chi connectivity index (χ0) is 13.5. The number of nitrogens with one attached hydrogen (secondary N) is 2. The van der Waals surface area contributed by atoms with E-state index in [1.165, 1.54) is 12.8 Å². The lowest BCUT2D eigenvalue weighted by Gasteiger charge is -2.15. The van der Waals surface area contributed by atoms with Gasteiger partial charge >= 0.3 is 12.0 Å². The lowest BCUT2D eigenvalue weighted by Crippen LogP contribution is -2.48. The highest BCUT2D eigenvalue weighted by molar-refractivity contribution is 5.87. The van der Waals surface area contributed by atoms with Gasteiger partial charge in [-0.1, -0.05) is 12.8 Å². The van der Waals surface area contributed by atoms with Gasteiger partial charge in [-0.25, -0.2) is 9.59 Å². The van der Waals surface area contributed by atoms with Crippen LogP contribution >= 0.6 is 0 Å². The standard InChI is InChI=1S/C11H19N3O4/c12-9(15)5-8(10(16)17)14-11(18)13-6-7-3-1-2-4-7/h7-8H,1-6H2,(H2,12,15)(H,16,17)(H2,13,14,18)/t8-/m1/s1. The molecule has 7 nitrogen and oxygen atoms in total. The fraction of sp³-hybridized carbons (Fsp3) is 0.727. The third-order valence-electron chi connectivity index (χ3n) is 3.03. The smallest absolute Gasteiger partial charge is 0.326 e. The third-order valence-corrected chi connectivity index (χ3v) is 3.03. The van der Waals surface area contributed by atoms with Crippen molar-refractivity contribution in [3.8, 4) is 0 Å². The summed E-state index contributed by atoms with van der Waals surface area (Å²) in [6.45, 7) is 0.536. The van der Waals surface area contributed by atoms with Gasteiger partial charge < -0.3 is 21.5 Å². The largest absolute Gasteiger partial charge is 0.480 e. The highest BCUT2D eigenvalue weighted by atomic mass is 16.4. The number of carbonyl (C=O) groups excluding carboxylic acids is 2. The molecule has 1 aliphatic carbocycles. The van der Waals surface area contributed by atoms with Gasteiger partial charge in [0.15, 0.2) is 0 Å². The highest BCUT2D eigenvalue weighted by Crippen LogP contribution is 2.23. The number of aliphatic carboxylic acids is 1. The van der Waals surface area contributed by atoms with Crippen molar-refractivity contribution in [2.45, 2.75) is 38.1 Å². The summed E-state index contributed by atoms with van der Waals surface area (Å²) >= 11 is 0. The molecule has 1 atom stereocenters. The van der Waals surface area contributed by atoms with E-state index < -0.39 is 30.4 Å². The molecular weight excluding hydrogens is 238 g/mol. The molecule has 0 aromatic heterocycles. The molecule has 1 saturated carbocycles. The Labute approximate surface area is 105 Å². The topological polar surface area (TPSA) is 122 Å². The predicted octanol–water partition coefficient (Wildman–Crippen LogP) is -0.196. The van der Waals surface area contributed by atoms with Gasteiger partial charge in [0.2, 0.25) is 5.91 Å². The second-order valence-electron chi connectivity index (χ2n) is 4.57. The molecule has 0 spiro atoms. The Bertz CT molecular complexity index is 326. The maximum atomic E-state index is 11.5. The van der Waals surface area contributed by atoms with E-state index >= 15 is 0 Å². The summed E-state index contributed by atoms with van der Waals surface area (Å²) in [5.74, 6) is -1.57. The molecule has 102 valence electrons. The minimum atomic E-state index is -1.27. The number of carboxylic acids is 1. The Morgan fingerprint density at radius 3 is 2.39 bits per heavy atom. The molecule has 1 rings (SSSR count). The Morgan fingerprint density at radius 2 is 1.89 bits per heavy atom. The molecule has 0 aromatic rings. The lowest BCUT2D eigenvalue weighted by molar-refractivity contribution is -0.140. The first-order valence-electron chi connectivity index (χ1n) is 6.04. The molecule has 1 aliphatic rings. The van der Waals surface area contributed by atoms with Crippen molar-refractivity contribution in [1.29, 1.82) is 0 Å². The number of carbonyl (C=O) groups is 3. The second-order valence-corrected chi connectivity index (χ2v) is 4.57. The van der Waals surface area contributed by atoms with Gasteiger partial charge in [0, 0.05) is 6.54 Å². The summed E-state index contributed by atoms with van der Waals surface area (Å²) in [6, 6.07) is -1.85. The van der Waals surface area contributed by atoms with E-state index in [1.807, 2.05) is 0 Å². The average Bonchev–Trinajstić information content (AvgIpc) is 2.77. The molecule has 0 unspecified atom stereocenters. The van der Waals surface area contributed by atoms with Crippen molar-refractivity contribution in [3.63, 3.8) is 0 Å². The van der Waals surface area contributed by atoms with Crippen LogP contribution in [-0.4, -0.2) is 35.6 Å². The fourth-order valence-corrected chi connectivity index (χ4v) is 2.06. The summed E-state index contributed by atoms with van der Waals surface area (Å²) in [5.41, 5.74) is 4.91. The number of nitrogens with two attached hydrogens (primary N) is 1. The second kappa shape index (κ2) is 6.83. The fourth-order valence-electron chi connectivity index (χ4n) is 2.06. The first-order chi connectivity index (χ1) is 8.49. The molecule has 7 heteroatoms. The Kier molecular flexibility index (Phi) is 5.41. The van der Waals surface area contributed by atoms with E-state index in [9.17, 15) is 14.4 Å². The molecule has 0 bridgehead atoms. The first kappa shape index (κ1) is 14.3. The average molecular weight is 257 g/mol. The number of primary amides is 1. The summed E-state index contributed by atoms with van der Waals surface area (Å²) in [7, 11) is 0. The number of hydrogen-bond acceptors (Lipinski definition) is 3. The molecule has 0 aromatic carbocycles. The summed E-state index contributed by atoms with van der Waals surface area (Å²) in [4.78, 5) is 32.9. The third kappa shape index (κ3) is 5.03. The first-order valence-corrected chi connectivity index (χ1v) is 6.04. The van der Waals surface area contributed by atoms with Gasteiger partial charge in [-0.05, 0) is 18.8 Å². The summed E-state index contributed by atoms with van der Waals surface area (Å²) < 4.78 is 0. The zero-order valence-electron chi connectivity index (χ0n) is 10.1. The van der Waals surface area contributed by atoms with Crippen molar-refractivity contribution in [2.75, 3.05) is 6.54 Å². The maximum absolute atomic E-state index is 11.5. The van der Waals surface area contributed by atoms with E-state index in [4.69, 9.17) is 10.8 Å². The van der Waals surface area contributed by atoms with Crippen molar-refractivity contribution in [1.82, 2.24) is 10.6 Å². The molecule has 0 heterocycles. The van der Waals surface area contributed by atoms with Gasteiger partial charge in [-0.15, -0.1) is 0 Å². The number of urea groups is 1. The molecule has 1 fully saturated rings. The van der Waals surface area contributed by atoms with Crippen molar-refractivity contribution >= 4 is 17.9 Å². The van der Waals surface area contributed by atoms with E-state index in [1.54, 1.807) is 0 Å². The van der Waals surface area contributed by atoms with Crippen molar-refractivity contribution in [3.05, 3.63) is 0 Å². The Hall–Kier alpha value is -1.79. The maximum Gasteiger partial charge on any atom is 0.326 e. The molecule has 18 heavy (non-hydrogen) atoms. The van der Waals surface area contributed by atoms with Crippen LogP contribution in [0.25, 0.3) is 0 Å². The van der Waals surface area contributed by atoms with Gasteiger partial charge in [-0.3, -0.25) is 4.79 Å². The predicted molar refractivity (Wildman–Crippen MR) is 63.7 cm³/mol. The SMILES string of the molecule is NC(=O)C[C@@H](NC(=O)NCC1CCCC1)C(=O)O. The molecule has 0 saturated heterocycles. The van der Waals surface area contributed by atoms with Crippen LogP contribution < -0.4 is 16.4 Å². The lowest BCUT2D eigenvalue weighted by atomic mass is 10.1. The van der Waals surface area contributed by atoms with Crippen LogP contribution in [0.4, 0.5) is 4.79 Å². The van der Waals surface area contributed by atoms with Gasteiger partial charge in [0.05, 0.1) is 6.42 Å². The number of rotatable bonds is 6. The number of amides is 3. The van der Waals surface area contributed by atoms with Crippen molar-refractivity contribution in [2.24, 2.45) is 11.7 Å². The molecule has 0 aliphatic heterocycles. The van der Waals surface area contributed by atoms with Crippen molar-refractivity contribution < 1.29 is 19.5 Å². The van der Waals surface area contributed by atoms with Gasteiger partial charge in [-0.2, -0.15) is 0 Å².